The van der Waals surface area contributed by atoms with E-state index in [2.05, 4.69) is 4.98 Å². The Balaban J connectivity index is 1.75. The van der Waals surface area contributed by atoms with Gasteiger partial charge in [-0.05, 0) is 19.1 Å². The van der Waals surface area contributed by atoms with Crippen molar-refractivity contribution in [2.45, 2.75) is 13.5 Å². The molecule has 0 radical (unpaired) electrons. The second-order valence-electron chi connectivity index (χ2n) is 6.50. The molecule has 0 bridgehead atoms. The van der Waals surface area contributed by atoms with Crippen LogP contribution in [0.3, 0.4) is 0 Å². The van der Waals surface area contributed by atoms with Crippen LogP contribution in [-0.4, -0.2) is 69.8 Å². The Morgan fingerprint density at radius 1 is 1.26 bits per heavy atom. The number of amides is 1. The molecule has 142 valence electrons. The summed E-state index contributed by atoms with van der Waals surface area (Å²) in [7, 11) is 1.68. The smallest absolute Gasteiger partial charge is 0.274 e. The Hall–Kier alpha value is -2.71. The lowest BCUT2D eigenvalue weighted by Crippen LogP contribution is -2.40. The van der Waals surface area contributed by atoms with Gasteiger partial charge < -0.3 is 18.9 Å². The Labute approximate surface area is 157 Å². The van der Waals surface area contributed by atoms with Crippen LogP contribution in [0.1, 0.15) is 16.3 Å². The average Bonchev–Trinajstić information content (AvgIpc) is 3.27. The number of imidazole rings is 2. The third kappa shape index (κ3) is 3.33. The molecule has 8 nitrogen and oxygen atoms in total. The fraction of sp³-hybridized carbons (Fsp3) is 0.421. The molecule has 0 N–H and O–H groups in total. The third-order valence-electron chi connectivity index (χ3n) is 4.79. The van der Waals surface area contributed by atoms with Crippen molar-refractivity contribution in [2.24, 2.45) is 0 Å². The highest BCUT2D eigenvalue weighted by atomic mass is 16.5. The number of aromatic nitrogens is 4. The number of methoxy groups -OCH3 is 1. The minimum atomic E-state index is -0.0659. The molecule has 3 aromatic heterocycles. The standard InChI is InChI=1S/C19H23N5O3/c1-14-20-15(13-23(14)7-10-26-2)18-21-17(16-5-3-4-6-24(16)18)19(25)22-8-11-27-12-9-22/h3-6,13H,7-12H2,1-2H3. The van der Waals surface area contributed by atoms with Crippen molar-refractivity contribution >= 4 is 11.4 Å². The first-order valence-electron chi connectivity index (χ1n) is 9.06. The average molecular weight is 369 g/mol. The molecule has 8 heteroatoms. The minimum Gasteiger partial charge on any atom is -0.383 e. The molecule has 0 saturated carbocycles. The topological polar surface area (TPSA) is 73.9 Å². The monoisotopic (exact) mass is 369 g/mol. The van der Waals surface area contributed by atoms with Crippen molar-refractivity contribution < 1.29 is 14.3 Å². The molecule has 4 heterocycles. The number of rotatable bonds is 5. The van der Waals surface area contributed by atoms with E-state index in [1.54, 1.807) is 12.0 Å². The van der Waals surface area contributed by atoms with E-state index in [1.807, 2.05) is 46.5 Å². The van der Waals surface area contributed by atoms with Crippen molar-refractivity contribution in [1.82, 2.24) is 23.8 Å². The lowest BCUT2D eigenvalue weighted by Gasteiger charge is -2.26. The highest BCUT2D eigenvalue weighted by Crippen LogP contribution is 2.23. The number of ether oxygens (including phenoxy) is 2. The van der Waals surface area contributed by atoms with Gasteiger partial charge in [0.15, 0.2) is 11.5 Å². The van der Waals surface area contributed by atoms with Gasteiger partial charge in [0, 0.05) is 39.1 Å². The fourth-order valence-electron chi connectivity index (χ4n) is 3.32. The summed E-state index contributed by atoms with van der Waals surface area (Å²) < 4.78 is 14.5. The molecule has 1 fully saturated rings. The molecular formula is C19H23N5O3. The van der Waals surface area contributed by atoms with Gasteiger partial charge >= 0.3 is 0 Å². The number of fused-ring (bicyclic) bond motifs is 1. The van der Waals surface area contributed by atoms with Gasteiger partial charge in [-0.25, -0.2) is 9.97 Å². The first-order valence-corrected chi connectivity index (χ1v) is 9.06. The maximum Gasteiger partial charge on any atom is 0.274 e. The van der Waals surface area contributed by atoms with Crippen LogP contribution in [0.5, 0.6) is 0 Å². The highest BCUT2D eigenvalue weighted by molar-refractivity contribution is 6.00. The van der Waals surface area contributed by atoms with Crippen LogP contribution in [-0.2, 0) is 16.0 Å². The largest absolute Gasteiger partial charge is 0.383 e. The van der Waals surface area contributed by atoms with E-state index in [0.29, 0.717) is 44.4 Å². The summed E-state index contributed by atoms with van der Waals surface area (Å²) in [5, 5.41) is 0. The predicted octanol–water partition coefficient (Wildman–Crippen LogP) is 1.63. The molecule has 4 rings (SSSR count). The van der Waals surface area contributed by atoms with Crippen LogP contribution in [0.15, 0.2) is 30.6 Å². The van der Waals surface area contributed by atoms with E-state index >= 15 is 0 Å². The first kappa shape index (κ1) is 17.7. The number of morpholine rings is 1. The Morgan fingerprint density at radius 3 is 2.85 bits per heavy atom. The number of hydrogen-bond donors (Lipinski definition) is 0. The highest BCUT2D eigenvalue weighted by Gasteiger charge is 2.25. The summed E-state index contributed by atoms with van der Waals surface area (Å²) in [4.78, 5) is 24.2. The normalized spacial score (nSPS) is 14.8. The maximum atomic E-state index is 13.0. The van der Waals surface area contributed by atoms with E-state index in [4.69, 9.17) is 14.5 Å². The Bertz CT molecular complexity index is 956. The van der Waals surface area contributed by atoms with Gasteiger partial charge in [-0.3, -0.25) is 9.20 Å². The second-order valence-corrected chi connectivity index (χ2v) is 6.50. The van der Waals surface area contributed by atoms with Gasteiger partial charge in [0.2, 0.25) is 0 Å². The SMILES string of the molecule is COCCn1cc(-c2nc(C(=O)N3CCOCC3)c3ccccn23)nc1C. The number of hydrogen-bond acceptors (Lipinski definition) is 5. The molecule has 1 aliphatic rings. The van der Waals surface area contributed by atoms with E-state index in [9.17, 15) is 4.79 Å². The van der Waals surface area contributed by atoms with E-state index in [0.717, 1.165) is 23.6 Å². The second kappa shape index (κ2) is 7.50. The maximum absolute atomic E-state index is 13.0. The van der Waals surface area contributed by atoms with Crippen LogP contribution >= 0.6 is 0 Å². The van der Waals surface area contributed by atoms with Crippen LogP contribution in [0.25, 0.3) is 17.0 Å². The molecule has 1 saturated heterocycles. The first-order chi connectivity index (χ1) is 13.2. The van der Waals surface area contributed by atoms with Crippen molar-refractivity contribution in [2.75, 3.05) is 40.0 Å². The zero-order valence-corrected chi connectivity index (χ0v) is 15.6. The van der Waals surface area contributed by atoms with Crippen molar-refractivity contribution in [3.63, 3.8) is 0 Å². The van der Waals surface area contributed by atoms with Gasteiger partial charge in [-0.1, -0.05) is 6.07 Å². The van der Waals surface area contributed by atoms with Crippen molar-refractivity contribution in [1.29, 1.82) is 0 Å². The fourth-order valence-corrected chi connectivity index (χ4v) is 3.32. The Morgan fingerprint density at radius 2 is 2.07 bits per heavy atom. The van der Waals surface area contributed by atoms with Crippen LogP contribution < -0.4 is 0 Å². The number of nitrogens with zero attached hydrogens (tertiary/aromatic N) is 5. The van der Waals surface area contributed by atoms with Gasteiger partial charge in [-0.15, -0.1) is 0 Å². The van der Waals surface area contributed by atoms with Gasteiger partial charge in [0.25, 0.3) is 5.91 Å². The van der Waals surface area contributed by atoms with Crippen LogP contribution in [0.4, 0.5) is 0 Å². The number of carbonyl (C=O) groups is 1. The van der Waals surface area contributed by atoms with E-state index in [1.165, 1.54) is 0 Å². The van der Waals surface area contributed by atoms with Crippen molar-refractivity contribution in [3.8, 4) is 11.5 Å². The zero-order chi connectivity index (χ0) is 18.8. The molecule has 0 spiro atoms. The molecule has 27 heavy (non-hydrogen) atoms. The Kier molecular flexibility index (Phi) is 4.91. The summed E-state index contributed by atoms with van der Waals surface area (Å²) in [5.41, 5.74) is 1.98. The minimum absolute atomic E-state index is 0.0659. The lowest BCUT2D eigenvalue weighted by molar-refractivity contribution is 0.0301. The lowest BCUT2D eigenvalue weighted by atomic mass is 10.3. The number of pyridine rings is 1. The van der Waals surface area contributed by atoms with Crippen LogP contribution in [0.2, 0.25) is 0 Å². The van der Waals surface area contributed by atoms with E-state index < -0.39 is 0 Å². The predicted molar refractivity (Wildman–Crippen MR) is 99.7 cm³/mol. The van der Waals surface area contributed by atoms with Crippen molar-refractivity contribution in [3.05, 3.63) is 42.1 Å². The van der Waals surface area contributed by atoms with Crippen LogP contribution in [0, 0.1) is 6.92 Å². The summed E-state index contributed by atoms with van der Waals surface area (Å²) in [6.45, 7) is 5.59. The number of carbonyl (C=O) groups excluding carboxylic acids is 1. The molecule has 0 aromatic carbocycles. The molecule has 0 atom stereocenters. The third-order valence-corrected chi connectivity index (χ3v) is 4.79. The molecule has 0 aliphatic carbocycles. The summed E-state index contributed by atoms with van der Waals surface area (Å²) in [6, 6.07) is 5.76. The van der Waals surface area contributed by atoms with Gasteiger partial charge in [0.05, 0.1) is 25.3 Å². The molecule has 0 unspecified atom stereocenters. The van der Waals surface area contributed by atoms with Gasteiger partial charge in [0.1, 0.15) is 11.5 Å². The molecule has 1 amide bonds. The van der Waals surface area contributed by atoms with Gasteiger partial charge in [-0.2, -0.15) is 0 Å². The quantitative estimate of drug-likeness (QED) is 0.683. The summed E-state index contributed by atoms with van der Waals surface area (Å²) in [6.07, 6.45) is 3.87. The molecule has 3 aromatic rings. The van der Waals surface area contributed by atoms with E-state index in [-0.39, 0.29) is 5.91 Å². The number of aryl methyl sites for hydroxylation is 1. The summed E-state index contributed by atoms with van der Waals surface area (Å²) >= 11 is 0. The molecular weight excluding hydrogens is 346 g/mol. The zero-order valence-electron chi connectivity index (χ0n) is 15.6. The summed E-state index contributed by atoms with van der Waals surface area (Å²) in [5.74, 6) is 1.49. The molecule has 1 aliphatic heterocycles.